The fourth-order valence-electron chi connectivity index (χ4n) is 6.62. The molecule has 7 heteroatoms. The lowest BCUT2D eigenvalue weighted by Gasteiger charge is -2.43. The summed E-state index contributed by atoms with van der Waals surface area (Å²) < 4.78 is 5.22. The summed E-state index contributed by atoms with van der Waals surface area (Å²) in [5.41, 5.74) is -0.849. The molecule has 1 aromatic carbocycles. The Kier molecular flexibility index (Phi) is 11.7. The molecule has 3 rings (SSSR count). The summed E-state index contributed by atoms with van der Waals surface area (Å²) in [6, 6.07) is 7.56. The Balaban J connectivity index is 1.71. The molecule has 1 aliphatic heterocycles. The summed E-state index contributed by atoms with van der Waals surface area (Å²) in [6.07, 6.45) is 10.2. The van der Waals surface area contributed by atoms with Crippen LogP contribution in [0, 0.1) is 11.8 Å². The molecule has 1 unspecified atom stereocenters. The van der Waals surface area contributed by atoms with Crippen LogP contribution in [0.25, 0.3) is 0 Å². The standard InChI is InChI=1S/C30H49ClN2O4/c1-32(2)22-24(21-29(35)14-5-4-6-15-29)19-28(34)33-17-10-12-26(23-33)30(36,16-7-8-18-37-3)25-11-9-13-27(31)20-25/h9,11,13,20,24,26,35-36H,4-8,10,12,14-19,21-23H2,1-3H3/t24?,26-,30-/m1/s1. The van der Waals surface area contributed by atoms with Crippen molar-refractivity contribution >= 4 is 17.5 Å². The Hall–Kier alpha value is -1.18. The molecule has 6 nitrogen and oxygen atoms in total. The molecule has 1 aliphatic carbocycles. The van der Waals surface area contributed by atoms with E-state index >= 15 is 0 Å². The van der Waals surface area contributed by atoms with Crippen LogP contribution in [0.2, 0.25) is 5.02 Å². The fourth-order valence-corrected chi connectivity index (χ4v) is 6.81. The molecule has 0 bridgehead atoms. The number of hydrogen-bond donors (Lipinski definition) is 2. The van der Waals surface area contributed by atoms with Gasteiger partial charge < -0.3 is 24.7 Å². The number of piperidine rings is 1. The molecule has 1 saturated heterocycles. The first-order chi connectivity index (χ1) is 17.6. The van der Waals surface area contributed by atoms with E-state index in [2.05, 4.69) is 4.90 Å². The highest BCUT2D eigenvalue weighted by molar-refractivity contribution is 6.30. The van der Waals surface area contributed by atoms with Crippen LogP contribution >= 0.6 is 11.6 Å². The molecule has 37 heavy (non-hydrogen) atoms. The number of aliphatic hydroxyl groups is 2. The van der Waals surface area contributed by atoms with E-state index in [1.54, 1.807) is 7.11 Å². The molecule has 1 aromatic rings. The van der Waals surface area contributed by atoms with Crippen LogP contribution in [0.15, 0.2) is 24.3 Å². The highest BCUT2D eigenvalue weighted by Gasteiger charge is 2.42. The fraction of sp³-hybridized carbons (Fsp3) is 0.767. The number of carbonyl (C=O) groups is 1. The molecule has 2 aliphatic rings. The van der Waals surface area contributed by atoms with Crippen molar-refractivity contribution in [2.24, 2.45) is 11.8 Å². The predicted octanol–water partition coefficient (Wildman–Crippen LogP) is 5.24. The largest absolute Gasteiger partial charge is 0.390 e. The zero-order valence-electron chi connectivity index (χ0n) is 23.3. The maximum Gasteiger partial charge on any atom is 0.222 e. The number of ether oxygens (including phenoxy) is 1. The van der Waals surface area contributed by atoms with Crippen molar-refractivity contribution in [3.05, 3.63) is 34.9 Å². The Morgan fingerprint density at radius 3 is 2.68 bits per heavy atom. The van der Waals surface area contributed by atoms with Crippen molar-refractivity contribution in [2.45, 2.75) is 88.3 Å². The number of halogens is 1. The lowest BCUT2D eigenvalue weighted by molar-refractivity contribution is -0.138. The van der Waals surface area contributed by atoms with Crippen molar-refractivity contribution in [3.8, 4) is 0 Å². The van der Waals surface area contributed by atoms with Gasteiger partial charge in [-0.25, -0.2) is 0 Å². The summed E-state index contributed by atoms with van der Waals surface area (Å²) in [6.45, 7) is 2.73. The number of nitrogens with zero attached hydrogens (tertiary/aromatic N) is 2. The highest BCUT2D eigenvalue weighted by atomic mass is 35.5. The van der Waals surface area contributed by atoms with Crippen molar-refractivity contribution in [1.82, 2.24) is 9.80 Å². The third kappa shape index (κ3) is 8.93. The Bertz CT molecular complexity index is 845. The van der Waals surface area contributed by atoms with E-state index in [0.29, 0.717) is 37.4 Å². The number of amides is 1. The van der Waals surface area contributed by atoms with Crippen molar-refractivity contribution in [2.75, 3.05) is 47.4 Å². The lowest BCUT2D eigenvalue weighted by atomic mass is 9.74. The van der Waals surface area contributed by atoms with E-state index in [4.69, 9.17) is 16.3 Å². The van der Waals surface area contributed by atoms with Crippen LogP contribution in [0.3, 0.4) is 0 Å². The molecule has 1 heterocycles. The van der Waals surface area contributed by atoms with Crippen LogP contribution in [0.1, 0.15) is 82.6 Å². The van der Waals surface area contributed by atoms with Crippen LogP contribution in [0.5, 0.6) is 0 Å². The SMILES string of the molecule is COCCCC[C@@](O)(c1cccc(Cl)c1)[C@@H]1CCCN(C(=O)CC(CN(C)C)CC2(O)CCCCC2)C1. The lowest BCUT2D eigenvalue weighted by Crippen LogP contribution is -2.49. The minimum absolute atomic E-state index is 0.0546. The van der Waals surface area contributed by atoms with Gasteiger partial charge in [-0.05, 0) is 89.1 Å². The second-order valence-electron chi connectivity index (χ2n) is 11.9. The summed E-state index contributed by atoms with van der Waals surface area (Å²) >= 11 is 6.32. The monoisotopic (exact) mass is 536 g/mol. The van der Waals surface area contributed by atoms with Gasteiger partial charge in [-0.3, -0.25) is 4.79 Å². The Morgan fingerprint density at radius 2 is 2.00 bits per heavy atom. The second kappa shape index (κ2) is 14.3. The van der Waals surface area contributed by atoms with Crippen molar-refractivity contribution in [1.29, 1.82) is 0 Å². The number of unbranched alkanes of at least 4 members (excludes halogenated alkanes) is 1. The van der Waals surface area contributed by atoms with Gasteiger partial charge in [0.25, 0.3) is 0 Å². The van der Waals surface area contributed by atoms with E-state index in [9.17, 15) is 15.0 Å². The van der Waals surface area contributed by atoms with Crippen LogP contribution in [-0.2, 0) is 15.1 Å². The van der Waals surface area contributed by atoms with Crippen LogP contribution in [-0.4, -0.2) is 79.0 Å². The first-order valence-electron chi connectivity index (χ1n) is 14.3. The summed E-state index contributed by atoms with van der Waals surface area (Å²) in [4.78, 5) is 17.7. The van der Waals surface area contributed by atoms with Gasteiger partial charge in [0, 0.05) is 50.7 Å². The molecule has 1 amide bonds. The third-order valence-electron chi connectivity index (χ3n) is 8.47. The smallest absolute Gasteiger partial charge is 0.222 e. The van der Waals surface area contributed by atoms with Crippen molar-refractivity contribution in [3.63, 3.8) is 0 Å². The maximum absolute atomic E-state index is 13.6. The van der Waals surface area contributed by atoms with Crippen molar-refractivity contribution < 1.29 is 19.7 Å². The van der Waals surface area contributed by atoms with Gasteiger partial charge in [0.1, 0.15) is 0 Å². The summed E-state index contributed by atoms with van der Waals surface area (Å²) in [7, 11) is 5.77. The molecule has 3 atom stereocenters. The van der Waals surface area contributed by atoms with Gasteiger partial charge in [-0.2, -0.15) is 0 Å². The average Bonchev–Trinajstić information content (AvgIpc) is 2.86. The number of likely N-dealkylation sites (tertiary alicyclic amines) is 1. The molecular weight excluding hydrogens is 488 g/mol. The van der Waals surface area contributed by atoms with Gasteiger partial charge in [0.2, 0.25) is 5.91 Å². The van der Waals surface area contributed by atoms with E-state index in [1.165, 1.54) is 6.42 Å². The van der Waals surface area contributed by atoms with Gasteiger partial charge in [-0.1, -0.05) is 43.0 Å². The number of hydrogen-bond acceptors (Lipinski definition) is 5. The third-order valence-corrected chi connectivity index (χ3v) is 8.71. The van der Waals surface area contributed by atoms with Gasteiger partial charge in [0.15, 0.2) is 0 Å². The van der Waals surface area contributed by atoms with E-state index < -0.39 is 11.2 Å². The zero-order valence-corrected chi connectivity index (χ0v) is 24.0. The van der Waals surface area contributed by atoms with Gasteiger partial charge >= 0.3 is 0 Å². The van der Waals surface area contributed by atoms with Crippen LogP contribution in [0.4, 0.5) is 0 Å². The molecule has 0 spiro atoms. The molecule has 1 saturated carbocycles. The quantitative estimate of drug-likeness (QED) is 0.337. The molecular formula is C30H49ClN2O4. The molecule has 0 radical (unpaired) electrons. The first-order valence-corrected chi connectivity index (χ1v) is 14.7. The number of methoxy groups -OCH3 is 1. The summed E-state index contributed by atoms with van der Waals surface area (Å²) in [5.74, 6) is 0.205. The molecule has 0 aromatic heterocycles. The number of carbonyl (C=O) groups excluding carboxylic acids is 1. The minimum atomic E-state index is -1.04. The predicted molar refractivity (Wildman–Crippen MR) is 150 cm³/mol. The Labute approximate surface area is 229 Å². The van der Waals surface area contributed by atoms with E-state index in [1.807, 2.05) is 43.3 Å². The number of benzene rings is 1. The first kappa shape index (κ1) is 30.4. The zero-order chi connectivity index (χ0) is 26.9. The molecule has 2 fully saturated rings. The van der Waals surface area contributed by atoms with E-state index in [0.717, 1.165) is 70.0 Å². The molecule has 210 valence electrons. The van der Waals surface area contributed by atoms with Gasteiger partial charge in [-0.15, -0.1) is 0 Å². The Morgan fingerprint density at radius 1 is 1.24 bits per heavy atom. The second-order valence-corrected chi connectivity index (χ2v) is 12.3. The highest BCUT2D eigenvalue weighted by Crippen LogP contribution is 2.41. The number of rotatable bonds is 13. The summed E-state index contributed by atoms with van der Waals surface area (Å²) in [5, 5.41) is 23.9. The normalized spacial score (nSPS) is 22.6. The molecule has 2 N–H and O–H groups in total. The topological polar surface area (TPSA) is 73.2 Å². The van der Waals surface area contributed by atoms with E-state index in [-0.39, 0.29) is 17.7 Å². The minimum Gasteiger partial charge on any atom is -0.390 e. The van der Waals surface area contributed by atoms with Gasteiger partial charge in [0.05, 0.1) is 11.2 Å². The van der Waals surface area contributed by atoms with Crippen LogP contribution < -0.4 is 0 Å². The maximum atomic E-state index is 13.6. The average molecular weight is 537 g/mol.